The number of carbonyl (C=O) groups is 1. The number of amides is 1. The van der Waals surface area contributed by atoms with Gasteiger partial charge in [0.15, 0.2) is 0 Å². The lowest BCUT2D eigenvalue weighted by atomic mass is 10.2. The summed E-state index contributed by atoms with van der Waals surface area (Å²) >= 11 is 1.50. The molecule has 2 heterocycles. The Balaban J connectivity index is 1.65. The number of nitrogens with one attached hydrogen (secondary N) is 1. The minimum absolute atomic E-state index is 0.0344. The molecule has 5 nitrogen and oxygen atoms in total. The summed E-state index contributed by atoms with van der Waals surface area (Å²) in [6.07, 6.45) is 3.91. The zero-order valence-corrected chi connectivity index (χ0v) is 13.5. The molecule has 1 saturated carbocycles. The van der Waals surface area contributed by atoms with Crippen LogP contribution in [-0.2, 0) is 5.75 Å². The topological polar surface area (TPSA) is 68.0 Å². The van der Waals surface area contributed by atoms with Crippen LogP contribution in [0.3, 0.4) is 0 Å². The van der Waals surface area contributed by atoms with Gasteiger partial charge in [-0.15, -0.1) is 0 Å². The van der Waals surface area contributed by atoms with E-state index in [1.165, 1.54) is 11.8 Å². The third-order valence-electron chi connectivity index (χ3n) is 3.81. The Morgan fingerprint density at radius 2 is 2.41 bits per heavy atom. The molecule has 6 heteroatoms. The van der Waals surface area contributed by atoms with Crippen molar-refractivity contribution in [2.75, 3.05) is 0 Å². The van der Waals surface area contributed by atoms with Crippen molar-refractivity contribution in [1.29, 1.82) is 0 Å². The maximum Gasteiger partial charge on any atom is 0.254 e. The molecule has 3 rings (SSSR count). The average molecular weight is 317 g/mol. The lowest BCUT2D eigenvalue weighted by molar-refractivity contribution is 0.0945. The molecule has 1 aliphatic rings. The second-order valence-electron chi connectivity index (χ2n) is 5.56. The molecule has 1 amide bonds. The molecule has 22 heavy (non-hydrogen) atoms. The Morgan fingerprint density at radius 1 is 1.55 bits per heavy atom. The van der Waals surface area contributed by atoms with Crippen LogP contribution in [0.5, 0.6) is 0 Å². The van der Waals surface area contributed by atoms with Gasteiger partial charge in [-0.2, -0.15) is 0 Å². The van der Waals surface area contributed by atoms with Crippen molar-refractivity contribution in [2.24, 2.45) is 5.92 Å². The molecule has 0 bridgehead atoms. The smallest absolute Gasteiger partial charge is 0.254 e. The van der Waals surface area contributed by atoms with Crippen molar-refractivity contribution in [3.8, 4) is 0 Å². The van der Waals surface area contributed by atoms with Crippen molar-refractivity contribution >= 4 is 17.7 Å². The van der Waals surface area contributed by atoms with E-state index in [1.54, 1.807) is 12.3 Å². The molecule has 1 aliphatic carbocycles. The van der Waals surface area contributed by atoms with Crippen LogP contribution in [0.1, 0.15) is 41.6 Å². The normalized spacial score (nSPS) is 19.9. The van der Waals surface area contributed by atoms with E-state index >= 15 is 0 Å². The van der Waals surface area contributed by atoms with E-state index in [0.29, 0.717) is 23.3 Å². The van der Waals surface area contributed by atoms with Gasteiger partial charge in [0.1, 0.15) is 10.8 Å². The fourth-order valence-electron chi connectivity index (χ4n) is 2.43. The van der Waals surface area contributed by atoms with Gasteiger partial charge >= 0.3 is 0 Å². The summed E-state index contributed by atoms with van der Waals surface area (Å²) in [6.45, 7) is 4.02. The monoisotopic (exact) mass is 317 g/mol. The zero-order chi connectivity index (χ0) is 15.5. The third kappa shape index (κ3) is 3.50. The second kappa shape index (κ2) is 6.52. The van der Waals surface area contributed by atoms with E-state index in [1.807, 2.05) is 19.1 Å². The van der Waals surface area contributed by atoms with Gasteiger partial charge in [0.05, 0.1) is 11.3 Å². The first-order valence-electron chi connectivity index (χ1n) is 7.48. The molecule has 1 N–H and O–H groups in total. The van der Waals surface area contributed by atoms with E-state index in [4.69, 9.17) is 4.52 Å². The quantitative estimate of drug-likeness (QED) is 0.829. The molecule has 0 radical (unpaired) electrons. The van der Waals surface area contributed by atoms with Crippen LogP contribution in [0.15, 0.2) is 33.9 Å². The summed E-state index contributed by atoms with van der Waals surface area (Å²) < 4.78 is 5.05. The number of carbonyl (C=O) groups excluding carboxylic acids is 1. The average Bonchev–Trinajstić information content (AvgIpc) is 3.15. The molecule has 2 aromatic heterocycles. The first kappa shape index (κ1) is 15.1. The first-order valence-corrected chi connectivity index (χ1v) is 8.46. The van der Waals surface area contributed by atoms with Crippen molar-refractivity contribution in [1.82, 2.24) is 15.5 Å². The highest BCUT2D eigenvalue weighted by Gasteiger charge is 2.36. The van der Waals surface area contributed by atoms with Crippen LogP contribution in [0.4, 0.5) is 0 Å². The molecular weight excluding hydrogens is 298 g/mol. The van der Waals surface area contributed by atoms with Gasteiger partial charge in [-0.25, -0.2) is 4.98 Å². The lowest BCUT2D eigenvalue weighted by Crippen LogP contribution is -2.27. The van der Waals surface area contributed by atoms with E-state index in [9.17, 15) is 4.79 Å². The van der Waals surface area contributed by atoms with Gasteiger partial charge < -0.3 is 9.84 Å². The summed E-state index contributed by atoms with van der Waals surface area (Å²) in [4.78, 5) is 16.7. The molecule has 0 spiro atoms. The molecular formula is C16H19N3O2S. The highest BCUT2D eigenvalue weighted by Crippen LogP contribution is 2.33. The van der Waals surface area contributed by atoms with Gasteiger partial charge in [-0.3, -0.25) is 4.79 Å². The molecule has 0 saturated heterocycles. The van der Waals surface area contributed by atoms with E-state index in [0.717, 1.165) is 29.3 Å². The Morgan fingerprint density at radius 3 is 3.09 bits per heavy atom. The highest BCUT2D eigenvalue weighted by atomic mass is 32.2. The van der Waals surface area contributed by atoms with Gasteiger partial charge in [0.2, 0.25) is 0 Å². The van der Waals surface area contributed by atoms with Crippen LogP contribution in [0, 0.1) is 12.8 Å². The molecule has 0 aliphatic heterocycles. The van der Waals surface area contributed by atoms with Crippen molar-refractivity contribution in [2.45, 2.75) is 43.5 Å². The van der Waals surface area contributed by atoms with E-state index in [-0.39, 0.29) is 5.91 Å². The Labute approximate surface area is 133 Å². The Hall–Kier alpha value is -1.82. The fraction of sp³-hybridized carbons (Fsp3) is 0.438. The summed E-state index contributed by atoms with van der Waals surface area (Å²) in [6, 6.07) is 5.84. The second-order valence-corrected chi connectivity index (χ2v) is 6.52. The Bertz CT molecular complexity index is 671. The number of pyridine rings is 1. The van der Waals surface area contributed by atoms with Crippen molar-refractivity contribution in [3.63, 3.8) is 0 Å². The minimum Gasteiger partial charge on any atom is -0.361 e. The largest absolute Gasteiger partial charge is 0.361 e. The summed E-state index contributed by atoms with van der Waals surface area (Å²) in [5, 5.41) is 7.78. The zero-order valence-electron chi connectivity index (χ0n) is 12.7. The van der Waals surface area contributed by atoms with Gasteiger partial charge in [0, 0.05) is 24.1 Å². The fourth-order valence-corrected chi connectivity index (χ4v) is 3.30. The number of nitrogens with zero attached hydrogens (tertiary/aromatic N) is 2. The van der Waals surface area contributed by atoms with Crippen molar-refractivity contribution < 1.29 is 9.32 Å². The number of hydrogen-bond donors (Lipinski definition) is 1. The standard InChI is InChI=1S/C16H19N3O2S/c1-3-11-8-14(11)18-15(20)13-5-4-6-17-16(13)22-9-12-7-10(2)21-19-12/h4-7,11,14H,3,8-9H2,1-2H3,(H,18,20)/t11-,14-/m0/s1. The number of aryl methyl sites for hydroxylation is 1. The number of aromatic nitrogens is 2. The molecule has 0 unspecified atom stereocenters. The molecule has 2 atom stereocenters. The van der Waals surface area contributed by atoms with Crippen molar-refractivity contribution in [3.05, 3.63) is 41.4 Å². The van der Waals surface area contributed by atoms with Crippen LogP contribution in [0.25, 0.3) is 0 Å². The van der Waals surface area contributed by atoms with Crippen LogP contribution < -0.4 is 5.32 Å². The summed E-state index contributed by atoms with van der Waals surface area (Å²) in [5.41, 5.74) is 1.49. The van der Waals surface area contributed by atoms with Gasteiger partial charge in [-0.05, 0) is 31.4 Å². The van der Waals surface area contributed by atoms with Gasteiger partial charge in [0.25, 0.3) is 5.91 Å². The predicted octanol–water partition coefficient (Wildman–Crippen LogP) is 3.20. The first-order chi connectivity index (χ1) is 10.7. The number of thioether (sulfide) groups is 1. The summed E-state index contributed by atoms with van der Waals surface area (Å²) in [7, 11) is 0. The number of rotatable bonds is 6. The Kier molecular flexibility index (Phi) is 4.47. The molecule has 1 fully saturated rings. The van der Waals surface area contributed by atoms with Crippen LogP contribution in [-0.4, -0.2) is 22.1 Å². The summed E-state index contributed by atoms with van der Waals surface area (Å²) in [5.74, 6) is 2.02. The maximum absolute atomic E-state index is 12.4. The van der Waals surface area contributed by atoms with Crippen LogP contribution in [0.2, 0.25) is 0 Å². The molecule has 116 valence electrons. The SMILES string of the molecule is CC[C@H]1C[C@@H]1NC(=O)c1cccnc1SCc1cc(C)on1. The maximum atomic E-state index is 12.4. The highest BCUT2D eigenvalue weighted by molar-refractivity contribution is 7.98. The lowest BCUT2D eigenvalue weighted by Gasteiger charge is -2.08. The number of hydrogen-bond acceptors (Lipinski definition) is 5. The van der Waals surface area contributed by atoms with Crippen LogP contribution >= 0.6 is 11.8 Å². The molecule has 2 aromatic rings. The van der Waals surface area contributed by atoms with E-state index in [2.05, 4.69) is 22.4 Å². The molecule has 0 aromatic carbocycles. The minimum atomic E-state index is -0.0344. The van der Waals surface area contributed by atoms with E-state index < -0.39 is 0 Å². The van der Waals surface area contributed by atoms with Gasteiger partial charge in [-0.1, -0.05) is 30.3 Å². The third-order valence-corrected chi connectivity index (χ3v) is 4.85. The predicted molar refractivity (Wildman–Crippen MR) is 84.7 cm³/mol.